The van der Waals surface area contributed by atoms with Gasteiger partial charge in [0.25, 0.3) is 0 Å². The molecule has 0 aliphatic carbocycles. The number of carbonyl (C=O) groups is 1. The molecule has 3 aromatic rings. The highest BCUT2D eigenvalue weighted by molar-refractivity contribution is 7.13. The number of carbonyl (C=O) groups excluding carboxylic acids is 1. The Bertz CT molecular complexity index is 977. The van der Waals surface area contributed by atoms with E-state index in [0.29, 0.717) is 16.9 Å². The third-order valence-corrected chi connectivity index (χ3v) is 6.04. The Balaban J connectivity index is 1.27. The van der Waals surface area contributed by atoms with E-state index in [1.54, 1.807) is 17.8 Å². The van der Waals surface area contributed by atoms with Crippen molar-refractivity contribution >= 4 is 28.1 Å². The predicted molar refractivity (Wildman–Crippen MR) is 118 cm³/mol. The average Bonchev–Trinajstić information content (AvgIpc) is 3.38. The molecule has 8 heteroatoms. The van der Waals surface area contributed by atoms with Crippen molar-refractivity contribution in [2.75, 3.05) is 11.1 Å². The normalized spacial score (nSPS) is 19.5. The van der Waals surface area contributed by atoms with Crippen LogP contribution in [0, 0.1) is 0 Å². The van der Waals surface area contributed by atoms with E-state index in [9.17, 15) is 9.90 Å². The molecule has 0 saturated carbocycles. The number of thiazole rings is 1. The van der Waals surface area contributed by atoms with Crippen LogP contribution in [0.5, 0.6) is 0 Å². The van der Waals surface area contributed by atoms with Crippen LogP contribution in [0.3, 0.4) is 0 Å². The third-order valence-electron chi connectivity index (χ3n) is 5.31. The molecular formula is C22H25N5O2S. The average molecular weight is 424 g/mol. The summed E-state index contributed by atoms with van der Waals surface area (Å²) < 4.78 is 0. The summed E-state index contributed by atoms with van der Waals surface area (Å²) in [5.74, 6) is -0.113. The van der Waals surface area contributed by atoms with Gasteiger partial charge in [-0.2, -0.15) is 0 Å². The highest BCUT2D eigenvalue weighted by Gasteiger charge is 2.30. The van der Waals surface area contributed by atoms with Gasteiger partial charge in [0.05, 0.1) is 18.2 Å². The summed E-state index contributed by atoms with van der Waals surface area (Å²) in [6, 6.07) is 12.0. The third kappa shape index (κ3) is 5.21. The molecule has 2 aromatic heterocycles. The zero-order valence-electron chi connectivity index (χ0n) is 16.5. The number of aliphatic hydroxyl groups excluding tert-OH is 1. The standard InChI is InChI=1S/C22H25N5O2S/c23-22-27-18(13-30-22)11-20(28)26-16-5-3-14(4-6-16)10-17-7-8-19(25-17)21(29)15-2-1-9-24-12-15/h1-6,9,12-13,17,19,21,25,29H,7-8,10-11H2,(H2,23,27)(H,26,28)/t17-,19+,21?/m0/s1. The van der Waals surface area contributed by atoms with E-state index in [4.69, 9.17) is 5.73 Å². The van der Waals surface area contributed by atoms with Gasteiger partial charge in [0.1, 0.15) is 0 Å². The van der Waals surface area contributed by atoms with Gasteiger partial charge < -0.3 is 21.5 Å². The van der Waals surface area contributed by atoms with Crippen LogP contribution in [0.1, 0.15) is 35.8 Å². The molecule has 3 heterocycles. The number of hydrogen-bond donors (Lipinski definition) is 4. The van der Waals surface area contributed by atoms with Crippen molar-refractivity contribution in [2.45, 2.75) is 43.9 Å². The minimum Gasteiger partial charge on any atom is -0.387 e. The maximum Gasteiger partial charge on any atom is 0.230 e. The molecule has 1 amide bonds. The molecule has 0 radical (unpaired) electrons. The fraction of sp³-hybridized carbons (Fsp3) is 0.318. The topological polar surface area (TPSA) is 113 Å². The largest absolute Gasteiger partial charge is 0.387 e. The molecule has 3 atom stereocenters. The molecule has 0 bridgehead atoms. The Morgan fingerprint density at radius 3 is 2.83 bits per heavy atom. The van der Waals surface area contributed by atoms with Crippen LogP contribution in [0.15, 0.2) is 54.2 Å². The molecule has 1 fully saturated rings. The summed E-state index contributed by atoms with van der Waals surface area (Å²) in [7, 11) is 0. The van der Waals surface area contributed by atoms with E-state index in [2.05, 4.69) is 20.6 Å². The molecule has 4 rings (SSSR count). The van der Waals surface area contributed by atoms with Crippen molar-refractivity contribution in [2.24, 2.45) is 0 Å². The van der Waals surface area contributed by atoms with Crippen molar-refractivity contribution < 1.29 is 9.90 Å². The molecule has 156 valence electrons. The van der Waals surface area contributed by atoms with Gasteiger partial charge in [-0.25, -0.2) is 4.98 Å². The summed E-state index contributed by atoms with van der Waals surface area (Å²) in [6.45, 7) is 0. The first-order chi connectivity index (χ1) is 14.6. The van der Waals surface area contributed by atoms with Gasteiger partial charge in [0, 0.05) is 41.1 Å². The zero-order valence-corrected chi connectivity index (χ0v) is 17.3. The number of nitrogens with zero attached hydrogens (tertiary/aromatic N) is 2. The quantitative estimate of drug-likeness (QED) is 0.465. The van der Waals surface area contributed by atoms with Crippen LogP contribution >= 0.6 is 11.3 Å². The minimum atomic E-state index is -0.547. The number of benzene rings is 1. The van der Waals surface area contributed by atoms with E-state index in [1.807, 2.05) is 36.4 Å². The number of aliphatic hydroxyl groups is 1. The van der Waals surface area contributed by atoms with Crippen LogP contribution in [-0.4, -0.2) is 33.1 Å². The van der Waals surface area contributed by atoms with E-state index in [-0.39, 0.29) is 18.4 Å². The van der Waals surface area contributed by atoms with Crippen molar-refractivity contribution in [1.82, 2.24) is 15.3 Å². The van der Waals surface area contributed by atoms with Crippen LogP contribution in [0.2, 0.25) is 0 Å². The molecule has 1 aliphatic heterocycles. The molecule has 1 aromatic carbocycles. The number of rotatable bonds is 7. The number of hydrogen-bond acceptors (Lipinski definition) is 7. The highest BCUT2D eigenvalue weighted by atomic mass is 32.1. The summed E-state index contributed by atoms with van der Waals surface area (Å²) in [5, 5.41) is 19.3. The molecule has 1 saturated heterocycles. The molecular weight excluding hydrogens is 398 g/mol. The van der Waals surface area contributed by atoms with E-state index < -0.39 is 6.10 Å². The second kappa shape index (κ2) is 9.34. The van der Waals surface area contributed by atoms with Crippen molar-refractivity contribution in [1.29, 1.82) is 0 Å². The minimum absolute atomic E-state index is 0.0394. The lowest BCUT2D eigenvalue weighted by molar-refractivity contribution is -0.115. The lowest BCUT2D eigenvalue weighted by atomic mass is 10.0. The number of nitrogens with one attached hydrogen (secondary N) is 2. The van der Waals surface area contributed by atoms with Gasteiger partial charge >= 0.3 is 0 Å². The van der Waals surface area contributed by atoms with Crippen LogP contribution in [0.4, 0.5) is 10.8 Å². The second-order valence-corrected chi connectivity index (χ2v) is 8.47. The summed E-state index contributed by atoms with van der Waals surface area (Å²) >= 11 is 1.33. The fourth-order valence-electron chi connectivity index (χ4n) is 3.83. The lowest BCUT2D eigenvalue weighted by Crippen LogP contribution is -2.35. The monoisotopic (exact) mass is 423 g/mol. The Morgan fingerprint density at radius 2 is 2.13 bits per heavy atom. The van der Waals surface area contributed by atoms with Crippen LogP contribution in [0.25, 0.3) is 0 Å². The van der Waals surface area contributed by atoms with Gasteiger partial charge in [0.2, 0.25) is 5.91 Å². The summed E-state index contributed by atoms with van der Waals surface area (Å²) in [5.41, 5.74) is 9.07. The first-order valence-corrected chi connectivity index (χ1v) is 10.9. The van der Waals surface area contributed by atoms with Gasteiger partial charge in [-0.1, -0.05) is 18.2 Å². The van der Waals surface area contributed by atoms with Gasteiger partial charge in [-0.05, 0) is 43.0 Å². The van der Waals surface area contributed by atoms with E-state index in [0.717, 1.165) is 30.5 Å². The first kappa shape index (κ1) is 20.5. The molecule has 1 unspecified atom stereocenters. The summed E-state index contributed by atoms with van der Waals surface area (Å²) in [4.78, 5) is 20.3. The number of nitrogen functional groups attached to an aromatic ring is 1. The van der Waals surface area contributed by atoms with Crippen molar-refractivity contribution in [3.63, 3.8) is 0 Å². The molecule has 7 nitrogen and oxygen atoms in total. The van der Waals surface area contributed by atoms with Crippen LogP contribution < -0.4 is 16.4 Å². The Kier molecular flexibility index (Phi) is 6.37. The molecule has 0 spiro atoms. The number of nitrogens with two attached hydrogens (primary N) is 1. The number of amides is 1. The Morgan fingerprint density at radius 1 is 1.30 bits per heavy atom. The molecule has 5 N–H and O–H groups in total. The van der Waals surface area contributed by atoms with Crippen molar-refractivity contribution in [3.05, 3.63) is 71.0 Å². The maximum absolute atomic E-state index is 12.1. The number of aromatic nitrogens is 2. The Labute approximate surface area is 179 Å². The molecule has 30 heavy (non-hydrogen) atoms. The SMILES string of the molecule is Nc1nc(CC(=O)Nc2ccc(C[C@@H]3CC[C@H](C(O)c4cccnc4)N3)cc2)cs1. The lowest BCUT2D eigenvalue weighted by Gasteiger charge is -2.20. The Hall–Kier alpha value is -2.81. The smallest absolute Gasteiger partial charge is 0.230 e. The number of anilines is 2. The van der Waals surface area contributed by atoms with Gasteiger partial charge in [-0.15, -0.1) is 11.3 Å². The molecule has 1 aliphatic rings. The van der Waals surface area contributed by atoms with Crippen LogP contribution in [-0.2, 0) is 17.6 Å². The van der Waals surface area contributed by atoms with Gasteiger partial charge in [-0.3, -0.25) is 9.78 Å². The number of pyridine rings is 1. The second-order valence-electron chi connectivity index (χ2n) is 7.58. The van der Waals surface area contributed by atoms with E-state index >= 15 is 0 Å². The van der Waals surface area contributed by atoms with Gasteiger partial charge in [0.15, 0.2) is 5.13 Å². The van der Waals surface area contributed by atoms with Crippen molar-refractivity contribution in [3.8, 4) is 0 Å². The highest BCUT2D eigenvalue weighted by Crippen LogP contribution is 2.26. The predicted octanol–water partition coefficient (Wildman–Crippen LogP) is 2.70. The zero-order chi connectivity index (χ0) is 20.9. The maximum atomic E-state index is 12.1. The fourth-order valence-corrected chi connectivity index (χ4v) is 4.39. The van der Waals surface area contributed by atoms with E-state index in [1.165, 1.54) is 16.9 Å². The first-order valence-electron chi connectivity index (χ1n) is 9.99. The summed E-state index contributed by atoms with van der Waals surface area (Å²) in [6.07, 6.45) is 5.91.